The lowest BCUT2D eigenvalue weighted by Crippen LogP contribution is -2.49. The number of carbonyl (C=O) groups is 1. The lowest BCUT2D eigenvalue weighted by molar-refractivity contribution is -0.131. The summed E-state index contributed by atoms with van der Waals surface area (Å²) in [6.45, 7) is 6.43. The average molecular weight is 551 g/mol. The van der Waals surface area contributed by atoms with Gasteiger partial charge in [0.05, 0.1) is 7.11 Å². The number of guanidine groups is 1. The van der Waals surface area contributed by atoms with Gasteiger partial charge in [0.15, 0.2) is 5.96 Å². The summed E-state index contributed by atoms with van der Waals surface area (Å²) in [6.07, 6.45) is 0.444. The van der Waals surface area contributed by atoms with Crippen LogP contribution in [0.3, 0.4) is 0 Å². The maximum absolute atomic E-state index is 12.6. The van der Waals surface area contributed by atoms with Gasteiger partial charge in [0.25, 0.3) is 0 Å². The minimum Gasteiger partial charge on any atom is -0.496 e. The molecular formula is C24H34IN5O2. The number of para-hydroxylation sites is 1. The van der Waals surface area contributed by atoms with E-state index >= 15 is 0 Å². The van der Waals surface area contributed by atoms with Gasteiger partial charge < -0.3 is 25.2 Å². The van der Waals surface area contributed by atoms with E-state index in [2.05, 4.69) is 38.7 Å². The smallest absolute Gasteiger partial charge is 0.224 e. The molecule has 0 spiro atoms. The van der Waals surface area contributed by atoms with Crippen LogP contribution in [0.5, 0.6) is 5.75 Å². The predicted octanol–water partition coefficient (Wildman–Crippen LogP) is 3.03. The molecule has 174 valence electrons. The maximum atomic E-state index is 12.6. The molecule has 2 aromatic rings. The van der Waals surface area contributed by atoms with Gasteiger partial charge >= 0.3 is 0 Å². The number of halogens is 1. The number of aryl methyl sites for hydroxylation is 1. The first kappa shape index (κ1) is 25.8. The molecule has 2 aromatic carbocycles. The van der Waals surface area contributed by atoms with Crippen molar-refractivity contribution >= 4 is 41.5 Å². The Hall–Kier alpha value is -2.49. The molecule has 1 amide bonds. The molecule has 3 rings (SSSR count). The second kappa shape index (κ2) is 13.1. The zero-order valence-corrected chi connectivity index (χ0v) is 21.5. The molecule has 0 bridgehead atoms. The Morgan fingerprint density at radius 1 is 1.06 bits per heavy atom. The monoisotopic (exact) mass is 551 g/mol. The Morgan fingerprint density at radius 2 is 1.78 bits per heavy atom. The fraction of sp³-hybridized carbons (Fsp3) is 0.417. The number of amides is 1. The van der Waals surface area contributed by atoms with Gasteiger partial charge in [-0.2, -0.15) is 0 Å². The Morgan fingerprint density at radius 3 is 2.44 bits per heavy atom. The number of rotatable bonds is 7. The number of piperazine rings is 1. The van der Waals surface area contributed by atoms with Crippen LogP contribution in [-0.4, -0.2) is 63.6 Å². The number of nitrogens with one attached hydrogen (secondary N) is 2. The zero-order chi connectivity index (χ0) is 22.1. The number of aliphatic imine (C=N–C) groups is 1. The van der Waals surface area contributed by atoms with E-state index in [4.69, 9.17) is 4.74 Å². The van der Waals surface area contributed by atoms with Gasteiger partial charge in [0.1, 0.15) is 5.75 Å². The highest BCUT2D eigenvalue weighted by Crippen LogP contribution is 2.19. The largest absolute Gasteiger partial charge is 0.496 e. The van der Waals surface area contributed by atoms with E-state index in [1.165, 1.54) is 5.69 Å². The molecule has 0 radical (unpaired) electrons. The van der Waals surface area contributed by atoms with E-state index in [0.29, 0.717) is 25.5 Å². The average Bonchev–Trinajstić information content (AvgIpc) is 2.82. The van der Waals surface area contributed by atoms with Gasteiger partial charge in [0.2, 0.25) is 5.91 Å². The number of hydrogen-bond donors (Lipinski definition) is 2. The highest BCUT2D eigenvalue weighted by atomic mass is 127. The lowest BCUT2D eigenvalue weighted by Gasteiger charge is -2.36. The van der Waals surface area contributed by atoms with Crippen molar-refractivity contribution in [2.24, 2.45) is 4.99 Å². The van der Waals surface area contributed by atoms with Gasteiger partial charge in [-0.3, -0.25) is 9.79 Å². The number of ether oxygens (including phenoxy) is 1. The minimum atomic E-state index is 0. The molecule has 1 heterocycles. The quantitative estimate of drug-likeness (QED) is 0.315. The number of anilines is 1. The molecule has 32 heavy (non-hydrogen) atoms. The summed E-state index contributed by atoms with van der Waals surface area (Å²) >= 11 is 0. The topological polar surface area (TPSA) is 69.2 Å². The first-order valence-electron chi connectivity index (χ1n) is 10.8. The summed E-state index contributed by atoms with van der Waals surface area (Å²) in [7, 11) is 3.41. The molecule has 0 atom stereocenters. The SMILES string of the molecule is CN=C(NCCC(=O)N1CCN(c2ccccc2)CC1)NCc1ccc(C)cc1OC.I. The molecule has 0 saturated carbocycles. The highest BCUT2D eigenvalue weighted by Gasteiger charge is 2.20. The number of hydrogen-bond acceptors (Lipinski definition) is 4. The molecule has 0 aliphatic carbocycles. The van der Waals surface area contributed by atoms with Crippen molar-refractivity contribution in [2.45, 2.75) is 19.9 Å². The van der Waals surface area contributed by atoms with Crippen LogP contribution in [0.1, 0.15) is 17.5 Å². The summed E-state index contributed by atoms with van der Waals surface area (Å²) in [5.41, 5.74) is 3.44. The standard InChI is InChI=1S/C24H33N5O2.HI/c1-19-9-10-20(22(17-19)31-3)18-27-24(25-2)26-12-11-23(30)29-15-13-28(14-16-29)21-7-5-4-6-8-21;/h4-10,17H,11-16,18H2,1-3H3,(H2,25,26,27);1H. The fourth-order valence-corrected chi connectivity index (χ4v) is 3.70. The molecule has 2 N–H and O–H groups in total. The molecule has 8 heteroatoms. The Labute approximate surface area is 208 Å². The van der Waals surface area contributed by atoms with Crippen LogP contribution in [0, 0.1) is 6.92 Å². The van der Waals surface area contributed by atoms with E-state index in [0.717, 1.165) is 43.1 Å². The molecular weight excluding hydrogens is 517 g/mol. The molecule has 0 aromatic heterocycles. The third kappa shape index (κ3) is 7.29. The van der Waals surface area contributed by atoms with E-state index in [-0.39, 0.29) is 29.9 Å². The minimum absolute atomic E-state index is 0. The lowest BCUT2D eigenvalue weighted by atomic mass is 10.1. The molecule has 1 fully saturated rings. The van der Waals surface area contributed by atoms with Crippen LogP contribution in [0.25, 0.3) is 0 Å². The number of nitrogens with zero attached hydrogens (tertiary/aromatic N) is 3. The maximum Gasteiger partial charge on any atom is 0.224 e. The van der Waals surface area contributed by atoms with E-state index in [9.17, 15) is 4.79 Å². The number of carbonyl (C=O) groups excluding carboxylic acids is 1. The van der Waals surface area contributed by atoms with Crippen LogP contribution < -0.4 is 20.3 Å². The number of methoxy groups -OCH3 is 1. The zero-order valence-electron chi connectivity index (χ0n) is 19.1. The predicted molar refractivity (Wildman–Crippen MR) is 141 cm³/mol. The summed E-state index contributed by atoms with van der Waals surface area (Å²) in [6, 6.07) is 16.5. The van der Waals surface area contributed by atoms with Crippen LogP contribution in [0.2, 0.25) is 0 Å². The first-order valence-corrected chi connectivity index (χ1v) is 10.8. The van der Waals surface area contributed by atoms with Gasteiger partial charge in [-0.25, -0.2) is 0 Å². The summed E-state index contributed by atoms with van der Waals surface area (Å²) in [5.74, 6) is 1.70. The third-order valence-corrected chi connectivity index (χ3v) is 5.50. The van der Waals surface area contributed by atoms with Crippen molar-refractivity contribution in [3.8, 4) is 5.75 Å². The van der Waals surface area contributed by atoms with E-state index < -0.39 is 0 Å². The van der Waals surface area contributed by atoms with Crippen molar-refractivity contribution in [3.05, 3.63) is 59.7 Å². The Kier molecular flexibility index (Phi) is 10.6. The van der Waals surface area contributed by atoms with Crippen molar-refractivity contribution in [3.63, 3.8) is 0 Å². The third-order valence-electron chi connectivity index (χ3n) is 5.50. The van der Waals surface area contributed by atoms with Crippen LogP contribution in [0.4, 0.5) is 5.69 Å². The Bertz CT molecular complexity index is 883. The second-order valence-corrected chi connectivity index (χ2v) is 7.62. The Balaban J connectivity index is 0.00000363. The van der Waals surface area contributed by atoms with E-state index in [1.54, 1.807) is 14.2 Å². The number of benzene rings is 2. The van der Waals surface area contributed by atoms with Crippen LogP contribution in [0.15, 0.2) is 53.5 Å². The molecule has 0 unspecified atom stereocenters. The summed E-state index contributed by atoms with van der Waals surface area (Å²) in [4.78, 5) is 21.1. The summed E-state index contributed by atoms with van der Waals surface area (Å²) in [5, 5.41) is 6.52. The van der Waals surface area contributed by atoms with Crippen molar-refractivity contribution < 1.29 is 9.53 Å². The molecule has 1 saturated heterocycles. The van der Waals surface area contributed by atoms with Gasteiger partial charge in [-0.15, -0.1) is 24.0 Å². The molecule has 7 nitrogen and oxygen atoms in total. The van der Waals surface area contributed by atoms with Gasteiger partial charge in [0, 0.05) is 64.0 Å². The first-order chi connectivity index (χ1) is 15.1. The molecule has 1 aliphatic heterocycles. The molecule has 1 aliphatic rings. The van der Waals surface area contributed by atoms with Crippen molar-refractivity contribution in [1.82, 2.24) is 15.5 Å². The fourth-order valence-electron chi connectivity index (χ4n) is 3.70. The highest BCUT2D eigenvalue weighted by molar-refractivity contribution is 14.0. The van der Waals surface area contributed by atoms with Crippen molar-refractivity contribution in [2.75, 3.05) is 51.8 Å². The normalized spacial score (nSPS) is 13.9. The van der Waals surface area contributed by atoms with Crippen LogP contribution in [-0.2, 0) is 11.3 Å². The summed E-state index contributed by atoms with van der Waals surface area (Å²) < 4.78 is 5.45. The van der Waals surface area contributed by atoms with Gasteiger partial charge in [-0.05, 0) is 30.7 Å². The van der Waals surface area contributed by atoms with Crippen molar-refractivity contribution in [1.29, 1.82) is 0 Å². The second-order valence-electron chi connectivity index (χ2n) is 7.62. The van der Waals surface area contributed by atoms with Crippen LogP contribution >= 0.6 is 24.0 Å². The van der Waals surface area contributed by atoms with Gasteiger partial charge in [-0.1, -0.05) is 30.3 Å². The van der Waals surface area contributed by atoms with E-state index in [1.807, 2.05) is 42.2 Å².